The molecule has 0 saturated carbocycles. The van der Waals surface area contributed by atoms with Gasteiger partial charge in [-0.15, -0.1) is 0 Å². The van der Waals surface area contributed by atoms with Crippen molar-refractivity contribution >= 4 is 22.6 Å². The Balaban J connectivity index is 2.99. The monoisotopic (exact) mass is 353 g/mol. The summed E-state index contributed by atoms with van der Waals surface area (Å²) in [5.74, 6) is 0. The molecule has 0 heterocycles. The summed E-state index contributed by atoms with van der Waals surface area (Å²) in [6.45, 7) is 0.695. The second-order valence-corrected chi connectivity index (χ2v) is 4.60. The zero-order valence-electron chi connectivity index (χ0n) is 9.28. The largest absolute Gasteiger partial charge is 0.411 e. The predicted molar refractivity (Wildman–Crippen MR) is 67.1 cm³/mol. The Hall–Kier alpha value is 0.440. The lowest BCUT2D eigenvalue weighted by molar-refractivity contribution is -0.173. The van der Waals surface area contributed by atoms with Crippen molar-refractivity contribution in [1.82, 2.24) is 5.32 Å². The first-order chi connectivity index (χ1) is 7.56. The number of rotatable bonds is 10. The highest BCUT2D eigenvalue weighted by molar-refractivity contribution is 14.1. The lowest BCUT2D eigenvalue weighted by Crippen LogP contribution is -2.21. The summed E-state index contributed by atoms with van der Waals surface area (Å²) in [5.41, 5.74) is 0. The maximum Gasteiger partial charge on any atom is 0.411 e. The smallest absolute Gasteiger partial charge is 0.372 e. The number of ether oxygens (including phenoxy) is 1. The molecule has 16 heavy (non-hydrogen) atoms. The van der Waals surface area contributed by atoms with Crippen LogP contribution in [-0.4, -0.2) is 36.9 Å². The molecule has 0 rings (SSSR count). The van der Waals surface area contributed by atoms with E-state index >= 15 is 0 Å². The fraction of sp³-hybridized carbons (Fsp3) is 1.00. The van der Waals surface area contributed by atoms with E-state index in [0.29, 0.717) is 6.42 Å². The highest BCUT2D eigenvalue weighted by atomic mass is 127. The molecule has 0 bridgehead atoms. The summed E-state index contributed by atoms with van der Waals surface area (Å²) in [5, 5.41) is 3.18. The Kier molecular flexibility index (Phi) is 10.9. The lowest BCUT2D eigenvalue weighted by Gasteiger charge is -2.08. The van der Waals surface area contributed by atoms with Crippen LogP contribution >= 0.6 is 22.6 Å². The third-order valence-corrected chi connectivity index (χ3v) is 2.66. The van der Waals surface area contributed by atoms with Crippen LogP contribution in [0.5, 0.6) is 0 Å². The normalized spacial score (nSPS) is 12.0. The van der Waals surface area contributed by atoms with Gasteiger partial charge in [-0.2, -0.15) is 13.2 Å². The number of alkyl halides is 4. The zero-order chi connectivity index (χ0) is 12.3. The molecule has 0 aromatic heterocycles. The molecule has 0 aliphatic carbocycles. The van der Waals surface area contributed by atoms with E-state index < -0.39 is 12.8 Å². The van der Waals surface area contributed by atoms with Crippen molar-refractivity contribution in [1.29, 1.82) is 0 Å². The Bertz CT molecular complexity index is 155. The third kappa shape index (κ3) is 14.4. The van der Waals surface area contributed by atoms with E-state index in [9.17, 15) is 13.2 Å². The molecule has 2 nitrogen and oxygen atoms in total. The van der Waals surface area contributed by atoms with Gasteiger partial charge in [-0.05, 0) is 36.8 Å². The molecule has 0 aromatic rings. The summed E-state index contributed by atoms with van der Waals surface area (Å²) in [6.07, 6.45) is -0.000906. The summed E-state index contributed by atoms with van der Waals surface area (Å²) < 4.78 is 40.6. The topological polar surface area (TPSA) is 21.3 Å². The van der Waals surface area contributed by atoms with Gasteiger partial charge >= 0.3 is 6.18 Å². The molecule has 0 saturated heterocycles. The van der Waals surface area contributed by atoms with E-state index in [1.54, 1.807) is 0 Å². The molecule has 6 heteroatoms. The van der Waals surface area contributed by atoms with Gasteiger partial charge in [0.1, 0.15) is 6.61 Å². The van der Waals surface area contributed by atoms with Crippen LogP contribution < -0.4 is 5.32 Å². The minimum atomic E-state index is -4.20. The van der Waals surface area contributed by atoms with Gasteiger partial charge in [0.2, 0.25) is 0 Å². The van der Waals surface area contributed by atoms with Crippen molar-refractivity contribution in [3.63, 3.8) is 0 Å². The number of halogens is 4. The lowest BCUT2D eigenvalue weighted by atomic mass is 10.2. The molecule has 0 atom stereocenters. The molecule has 0 aromatic carbocycles. The zero-order valence-corrected chi connectivity index (χ0v) is 11.4. The van der Waals surface area contributed by atoms with Crippen LogP contribution in [0.4, 0.5) is 13.2 Å². The van der Waals surface area contributed by atoms with Gasteiger partial charge in [0, 0.05) is 6.61 Å². The van der Waals surface area contributed by atoms with E-state index in [4.69, 9.17) is 0 Å². The Morgan fingerprint density at radius 1 is 1.00 bits per heavy atom. The first kappa shape index (κ1) is 16.4. The summed E-state index contributed by atoms with van der Waals surface area (Å²) in [7, 11) is 0. The van der Waals surface area contributed by atoms with Crippen molar-refractivity contribution in [3.8, 4) is 0 Å². The molecular formula is C10H19F3INO. The second-order valence-electron chi connectivity index (χ2n) is 3.52. The van der Waals surface area contributed by atoms with E-state index in [2.05, 4.69) is 32.6 Å². The van der Waals surface area contributed by atoms with Crippen molar-refractivity contribution in [3.05, 3.63) is 0 Å². The van der Waals surface area contributed by atoms with Gasteiger partial charge in [0.15, 0.2) is 0 Å². The average Bonchev–Trinajstić information content (AvgIpc) is 2.19. The number of hydrogen-bond donors (Lipinski definition) is 1. The van der Waals surface area contributed by atoms with E-state index in [1.165, 1.54) is 17.3 Å². The van der Waals surface area contributed by atoms with Crippen LogP contribution in [0.25, 0.3) is 0 Å². The molecule has 0 spiro atoms. The van der Waals surface area contributed by atoms with E-state index in [-0.39, 0.29) is 6.61 Å². The van der Waals surface area contributed by atoms with Gasteiger partial charge in [-0.25, -0.2) is 0 Å². The molecule has 0 radical (unpaired) electrons. The molecule has 0 aliphatic rings. The predicted octanol–water partition coefficient (Wildman–Crippen LogP) is 3.15. The molecule has 0 unspecified atom stereocenters. The summed E-state index contributed by atoms with van der Waals surface area (Å²) in [4.78, 5) is 0. The quantitative estimate of drug-likeness (QED) is 0.370. The molecule has 0 amide bonds. The minimum absolute atomic E-state index is 0.167. The van der Waals surface area contributed by atoms with Crippen molar-refractivity contribution < 1.29 is 17.9 Å². The minimum Gasteiger partial charge on any atom is -0.372 e. The Morgan fingerprint density at radius 2 is 1.69 bits per heavy atom. The van der Waals surface area contributed by atoms with Crippen LogP contribution in [-0.2, 0) is 4.74 Å². The number of unbranched alkanes of at least 4 members (excludes halogenated alkanes) is 2. The number of hydrogen-bond acceptors (Lipinski definition) is 2. The fourth-order valence-electron chi connectivity index (χ4n) is 1.13. The SMILES string of the molecule is FC(F)(F)COCCCNCCCCCI. The Morgan fingerprint density at radius 3 is 2.31 bits per heavy atom. The van der Waals surface area contributed by atoms with E-state index in [0.717, 1.165) is 19.5 Å². The van der Waals surface area contributed by atoms with Gasteiger partial charge in [-0.3, -0.25) is 0 Å². The molecular weight excluding hydrogens is 334 g/mol. The van der Waals surface area contributed by atoms with Crippen LogP contribution in [0.3, 0.4) is 0 Å². The van der Waals surface area contributed by atoms with Crippen LogP contribution in [0.1, 0.15) is 25.7 Å². The highest BCUT2D eigenvalue weighted by Crippen LogP contribution is 2.14. The molecule has 0 aliphatic heterocycles. The van der Waals surface area contributed by atoms with Crippen molar-refractivity contribution in [2.24, 2.45) is 0 Å². The number of nitrogens with one attached hydrogen (secondary N) is 1. The Labute approximate surface area is 108 Å². The van der Waals surface area contributed by atoms with E-state index in [1.807, 2.05) is 0 Å². The first-order valence-corrected chi connectivity index (χ1v) is 7.00. The van der Waals surface area contributed by atoms with Gasteiger partial charge < -0.3 is 10.1 Å². The maximum atomic E-state index is 11.7. The first-order valence-electron chi connectivity index (χ1n) is 5.47. The summed E-state index contributed by atoms with van der Waals surface area (Å²) >= 11 is 2.35. The maximum absolute atomic E-state index is 11.7. The van der Waals surface area contributed by atoms with Gasteiger partial charge in [-0.1, -0.05) is 29.0 Å². The van der Waals surface area contributed by atoms with Crippen LogP contribution in [0.15, 0.2) is 0 Å². The molecule has 1 N–H and O–H groups in total. The fourth-order valence-corrected chi connectivity index (χ4v) is 1.67. The summed E-state index contributed by atoms with van der Waals surface area (Å²) in [6, 6.07) is 0. The second kappa shape index (κ2) is 10.6. The van der Waals surface area contributed by atoms with Crippen LogP contribution in [0, 0.1) is 0 Å². The molecule has 0 fully saturated rings. The van der Waals surface area contributed by atoms with Crippen molar-refractivity contribution in [2.45, 2.75) is 31.9 Å². The third-order valence-electron chi connectivity index (χ3n) is 1.90. The standard InChI is InChI=1S/C10H19F3INO/c11-10(12,13)9-16-8-4-7-15-6-3-1-2-5-14/h15H,1-9H2. The molecule has 98 valence electrons. The highest BCUT2D eigenvalue weighted by Gasteiger charge is 2.26. The van der Waals surface area contributed by atoms with Crippen LogP contribution in [0.2, 0.25) is 0 Å². The average molecular weight is 353 g/mol. The van der Waals surface area contributed by atoms with Gasteiger partial charge in [0.25, 0.3) is 0 Å². The van der Waals surface area contributed by atoms with Crippen molar-refractivity contribution in [2.75, 3.05) is 30.7 Å². The van der Waals surface area contributed by atoms with Gasteiger partial charge in [0.05, 0.1) is 0 Å².